The number of aromatic nitrogens is 1. The van der Waals surface area contributed by atoms with Crippen LogP contribution in [0.2, 0.25) is 0 Å². The van der Waals surface area contributed by atoms with E-state index in [0.29, 0.717) is 0 Å². The summed E-state index contributed by atoms with van der Waals surface area (Å²) in [7, 11) is 1.92. The van der Waals surface area contributed by atoms with Crippen LogP contribution in [0.1, 0.15) is 18.0 Å². The minimum absolute atomic E-state index is 0.0675. The lowest BCUT2D eigenvalue weighted by Gasteiger charge is -2.12. The standard InChI is InChI=1S/C12H13BrN2O2/c1-15-6-9(13)7-3-2-4-8(12(7)15)10(14)5-11(16)17/h2-4,6,10H,5,14H2,1H3,(H,16,17). The van der Waals surface area contributed by atoms with Crippen LogP contribution in [0.25, 0.3) is 10.9 Å². The zero-order chi connectivity index (χ0) is 12.6. The molecule has 0 radical (unpaired) electrons. The molecule has 0 saturated heterocycles. The van der Waals surface area contributed by atoms with Gasteiger partial charge in [-0.05, 0) is 21.5 Å². The van der Waals surface area contributed by atoms with Crippen molar-refractivity contribution >= 4 is 32.8 Å². The number of nitrogens with zero attached hydrogens (tertiary/aromatic N) is 1. The Kier molecular flexibility index (Phi) is 3.22. The Hall–Kier alpha value is -1.33. The Morgan fingerprint density at radius 3 is 2.94 bits per heavy atom. The van der Waals surface area contributed by atoms with Crippen LogP contribution in [0.3, 0.4) is 0 Å². The van der Waals surface area contributed by atoms with E-state index >= 15 is 0 Å². The topological polar surface area (TPSA) is 68.2 Å². The summed E-state index contributed by atoms with van der Waals surface area (Å²) < 4.78 is 2.94. The average Bonchev–Trinajstić information content (AvgIpc) is 2.54. The number of para-hydroxylation sites is 1. The van der Waals surface area contributed by atoms with Crippen LogP contribution in [-0.2, 0) is 11.8 Å². The van der Waals surface area contributed by atoms with Gasteiger partial charge in [0.2, 0.25) is 0 Å². The molecule has 17 heavy (non-hydrogen) atoms. The number of hydrogen-bond acceptors (Lipinski definition) is 2. The number of halogens is 1. The van der Waals surface area contributed by atoms with Crippen molar-refractivity contribution in [1.29, 1.82) is 0 Å². The second-order valence-electron chi connectivity index (χ2n) is 4.04. The molecule has 0 amide bonds. The van der Waals surface area contributed by atoms with Gasteiger partial charge in [0.25, 0.3) is 0 Å². The van der Waals surface area contributed by atoms with Crippen molar-refractivity contribution in [2.45, 2.75) is 12.5 Å². The molecule has 90 valence electrons. The predicted molar refractivity (Wildman–Crippen MR) is 69.8 cm³/mol. The number of fused-ring (bicyclic) bond motifs is 1. The molecule has 3 N–H and O–H groups in total. The molecule has 0 aliphatic rings. The van der Waals surface area contributed by atoms with Crippen molar-refractivity contribution in [2.24, 2.45) is 12.8 Å². The molecule has 1 aromatic heterocycles. The molecule has 0 bridgehead atoms. The highest BCUT2D eigenvalue weighted by Crippen LogP contribution is 2.31. The summed E-state index contributed by atoms with van der Waals surface area (Å²) in [6.07, 6.45) is 1.88. The molecule has 1 heterocycles. The van der Waals surface area contributed by atoms with Gasteiger partial charge in [-0.1, -0.05) is 18.2 Å². The van der Waals surface area contributed by atoms with E-state index in [1.54, 1.807) is 0 Å². The molecule has 0 aliphatic heterocycles. The zero-order valence-corrected chi connectivity index (χ0v) is 10.9. The van der Waals surface area contributed by atoms with Gasteiger partial charge in [-0.2, -0.15) is 0 Å². The van der Waals surface area contributed by atoms with E-state index in [9.17, 15) is 4.79 Å². The minimum atomic E-state index is -0.886. The fourth-order valence-electron chi connectivity index (χ4n) is 2.05. The molecule has 4 nitrogen and oxygen atoms in total. The minimum Gasteiger partial charge on any atom is -0.481 e. The van der Waals surface area contributed by atoms with E-state index < -0.39 is 12.0 Å². The maximum Gasteiger partial charge on any atom is 0.305 e. The maximum atomic E-state index is 10.7. The molecule has 2 rings (SSSR count). The molecular weight excluding hydrogens is 284 g/mol. The van der Waals surface area contributed by atoms with Gasteiger partial charge >= 0.3 is 5.97 Å². The van der Waals surface area contributed by atoms with Crippen molar-refractivity contribution in [3.05, 3.63) is 34.4 Å². The number of carbonyl (C=O) groups is 1. The summed E-state index contributed by atoms with van der Waals surface area (Å²) >= 11 is 3.47. The number of nitrogens with two attached hydrogens (primary N) is 1. The highest BCUT2D eigenvalue weighted by Gasteiger charge is 2.16. The number of carboxylic acids is 1. The van der Waals surface area contributed by atoms with Gasteiger partial charge in [0.15, 0.2) is 0 Å². The lowest BCUT2D eigenvalue weighted by molar-refractivity contribution is -0.137. The van der Waals surface area contributed by atoms with Gasteiger partial charge in [-0.3, -0.25) is 4.79 Å². The van der Waals surface area contributed by atoms with Crippen molar-refractivity contribution in [3.63, 3.8) is 0 Å². The third kappa shape index (κ3) is 2.21. The van der Waals surface area contributed by atoms with Crippen LogP contribution in [0, 0.1) is 0 Å². The van der Waals surface area contributed by atoms with Gasteiger partial charge in [-0.25, -0.2) is 0 Å². The van der Waals surface area contributed by atoms with E-state index in [-0.39, 0.29) is 6.42 Å². The smallest absolute Gasteiger partial charge is 0.305 e. The first-order valence-corrected chi connectivity index (χ1v) is 6.01. The lowest BCUT2D eigenvalue weighted by Crippen LogP contribution is -2.15. The van der Waals surface area contributed by atoms with Gasteiger partial charge < -0.3 is 15.4 Å². The number of aryl methyl sites for hydroxylation is 1. The van der Waals surface area contributed by atoms with Crippen molar-refractivity contribution in [2.75, 3.05) is 0 Å². The lowest BCUT2D eigenvalue weighted by atomic mass is 10.0. The summed E-state index contributed by atoms with van der Waals surface area (Å²) in [5, 5.41) is 9.84. The van der Waals surface area contributed by atoms with Crippen molar-refractivity contribution < 1.29 is 9.90 Å². The summed E-state index contributed by atoms with van der Waals surface area (Å²) in [5.74, 6) is -0.886. The Labute approximate surface area is 107 Å². The Bertz CT molecular complexity index is 577. The first-order valence-electron chi connectivity index (χ1n) is 5.21. The van der Waals surface area contributed by atoms with Crippen LogP contribution in [0.15, 0.2) is 28.9 Å². The van der Waals surface area contributed by atoms with Crippen LogP contribution in [0.4, 0.5) is 0 Å². The summed E-state index contributed by atoms with van der Waals surface area (Å²) in [6.45, 7) is 0. The number of carboxylic acid groups (broad SMARTS) is 1. The largest absolute Gasteiger partial charge is 0.481 e. The zero-order valence-electron chi connectivity index (χ0n) is 9.35. The van der Waals surface area contributed by atoms with Gasteiger partial charge in [-0.15, -0.1) is 0 Å². The summed E-state index contributed by atoms with van der Waals surface area (Å²) in [4.78, 5) is 10.7. The van der Waals surface area contributed by atoms with E-state index in [2.05, 4.69) is 15.9 Å². The number of benzene rings is 1. The maximum absolute atomic E-state index is 10.7. The predicted octanol–water partition coefficient (Wildman–Crippen LogP) is 2.42. The van der Waals surface area contributed by atoms with Crippen LogP contribution in [-0.4, -0.2) is 15.6 Å². The first kappa shape index (κ1) is 12.1. The highest BCUT2D eigenvalue weighted by atomic mass is 79.9. The average molecular weight is 297 g/mol. The summed E-state index contributed by atoms with van der Waals surface area (Å²) in [6, 6.07) is 5.26. The fourth-order valence-corrected chi connectivity index (χ4v) is 2.68. The molecule has 1 aromatic carbocycles. The number of rotatable bonds is 3. The second-order valence-corrected chi connectivity index (χ2v) is 4.89. The third-order valence-corrected chi connectivity index (χ3v) is 3.41. The van der Waals surface area contributed by atoms with E-state index in [0.717, 1.165) is 20.9 Å². The van der Waals surface area contributed by atoms with E-state index in [1.165, 1.54) is 0 Å². The quantitative estimate of drug-likeness (QED) is 0.914. The van der Waals surface area contributed by atoms with Crippen LogP contribution >= 0.6 is 15.9 Å². The SMILES string of the molecule is Cn1cc(Br)c2cccc(C(N)CC(=O)O)c21. The molecule has 0 aliphatic carbocycles. The molecule has 5 heteroatoms. The highest BCUT2D eigenvalue weighted by molar-refractivity contribution is 9.10. The molecule has 2 aromatic rings. The van der Waals surface area contributed by atoms with Crippen molar-refractivity contribution in [1.82, 2.24) is 4.57 Å². The number of hydrogen-bond donors (Lipinski definition) is 2. The summed E-state index contributed by atoms with van der Waals surface area (Å²) in [5.41, 5.74) is 7.77. The molecule has 0 saturated carbocycles. The van der Waals surface area contributed by atoms with E-state index in [1.807, 2.05) is 36.0 Å². The molecule has 0 fully saturated rings. The van der Waals surface area contributed by atoms with Crippen LogP contribution < -0.4 is 5.73 Å². The Morgan fingerprint density at radius 2 is 2.29 bits per heavy atom. The van der Waals surface area contributed by atoms with Gasteiger partial charge in [0, 0.05) is 29.1 Å². The van der Waals surface area contributed by atoms with Gasteiger partial charge in [0.1, 0.15) is 0 Å². The molecule has 0 spiro atoms. The van der Waals surface area contributed by atoms with E-state index in [4.69, 9.17) is 10.8 Å². The monoisotopic (exact) mass is 296 g/mol. The molecule has 1 unspecified atom stereocenters. The molecular formula is C12H13BrN2O2. The second kappa shape index (κ2) is 4.50. The van der Waals surface area contributed by atoms with Crippen molar-refractivity contribution in [3.8, 4) is 0 Å². The third-order valence-electron chi connectivity index (χ3n) is 2.78. The first-order chi connectivity index (χ1) is 8.00. The molecule has 1 atom stereocenters. The Balaban J connectivity index is 2.57. The Morgan fingerprint density at radius 1 is 1.59 bits per heavy atom. The normalized spacial score (nSPS) is 12.9. The van der Waals surface area contributed by atoms with Crippen LogP contribution in [0.5, 0.6) is 0 Å². The number of aliphatic carboxylic acids is 1. The fraction of sp³-hybridized carbons (Fsp3) is 0.250. The van der Waals surface area contributed by atoms with Gasteiger partial charge in [0.05, 0.1) is 11.9 Å².